The molecule has 4 nitrogen and oxygen atoms in total. The molecular formula is C15H27O4P. The van der Waals surface area contributed by atoms with Crippen LogP contribution in [0.25, 0.3) is 0 Å². The lowest BCUT2D eigenvalue weighted by atomic mass is 9.88. The monoisotopic (exact) mass is 302 g/mol. The number of rotatable bonds is 6. The van der Waals surface area contributed by atoms with Crippen LogP contribution < -0.4 is 0 Å². The molecule has 0 radical (unpaired) electrons. The Kier molecular flexibility index (Phi) is 6.97. The lowest BCUT2D eigenvalue weighted by Crippen LogP contribution is -2.14. The van der Waals surface area contributed by atoms with Gasteiger partial charge in [-0.2, -0.15) is 0 Å². The summed E-state index contributed by atoms with van der Waals surface area (Å²) in [5.74, 6) is 0.0184. The zero-order valence-electron chi connectivity index (χ0n) is 12.8. The van der Waals surface area contributed by atoms with Gasteiger partial charge < -0.3 is 9.63 Å². The molecule has 0 heterocycles. The van der Waals surface area contributed by atoms with Crippen molar-refractivity contribution in [3.63, 3.8) is 0 Å². The molecule has 0 aromatic rings. The molecule has 116 valence electrons. The molecule has 0 aliphatic heterocycles. The summed E-state index contributed by atoms with van der Waals surface area (Å²) in [6.45, 7) is 3.82. The summed E-state index contributed by atoms with van der Waals surface area (Å²) in [6, 6.07) is 0. The second-order valence-electron chi connectivity index (χ2n) is 6.16. The van der Waals surface area contributed by atoms with E-state index in [4.69, 9.17) is 4.74 Å². The summed E-state index contributed by atoms with van der Waals surface area (Å²) in [5, 5.41) is 0. The highest BCUT2D eigenvalue weighted by molar-refractivity contribution is 7.58. The molecule has 0 saturated heterocycles. The molecule has 1 atom stereocenters. The molecule has 1 aliphatic carbocycles. The largest absolute Gasteiger partial charge is 0.466 e. The normalized spacial score (nSPS) is 20.8. The van der Waals surface area contributed by atoms with E-state index in [1.165, 1.54) is 26.4 Å². The number of ether oxygens (including phenoxy) is 1. The fraction of sp³-hybridized carbons (Fsp3) is 0.800. The maximum absolute atomic E-state index is 12.2. The molecular weight excluding hydrogens is 275 g/mol. The Morgan fingerprint density at radius 1 is 1.35 bits per heavy atom. The van der Waals surface area contributed by atoms with E-state index >= 15 is 0 Å². The molecule has 1 saturated carbocycles. The Hall–Kier alpha value is -0.600. The van der Waals surface area contributed by atoms with Crippen molar-refractivity contribution in [1.29, 1.82) is 0 Å². The van der Waals surface area contributed by atoms with Crippen molar-refractivity contribution in [1.82, 2.24) is 0 Å². The highest BCUT2D eigenvalue weighted by atomic mass is 31.2. The van der Waals surface area contributed by atoms with E-state index in [1.54, 1.807) is 0 Å². The van der Waals surface area contributed by atoms with Crippen LogP contribution in [0, 0.1) is 11.8 Å². The Morgan fingerprint density at radius 2 is 1.95 bits per heavy atom. The van der Waals surface area contributed by atoms with Crippen LogP contribution >= 0.6 is 7.37 Å². The van der Waals surface area contributed by atoms with Gasteiger partial charge in [0.2, 0.25) is 7.37 Å². The molecule has 1 rings (SSSR count). The third kappa shape index (κ3) is 6.23. The molecule has 1 N–H and O–H groups in total. The number of methoxy groups -OCH3 is 1. The van der Waals surface area contributed by atoms with Gasteiger partial charge in [0, 0.05) is 11.7 Å². The fourth-order valence-corrected chi connectivity index (χ4v) is 4.84. The van der Waals surface area contributed by atoms with Gasteiger partial charge in [-0.25, -0.2) is 4.79 Å². The van der Waals surface area contributed by atoms with Gasteiger partial charge in [-0.15, -0.1) is 0 Å². The van der Waals surface area contributed by atoms with E-state index < -0.39 is 13.3 Å². The molecule has 5 heteroatoms. The van der Waals surface area contributed by atoms with E-state index in [-0.39, 0.29) is 18.2 Å². The molecule has 0 spiro atoms. The van der Waals surface area contributed by atoms with E-state index in [0.717, 1.165) is 12.8 Å². The molecule has 1 aliphatic rings. The van der Waals surface area contributed by atoms with Crippen LogP contribution in [0.15, 0.2) is 11.6 Å². The zero-order valence-corrected chi connectivity index (χ0v) is 13.7. The number of carbonyl (C=O) groups excluding carboxylic acids is 1. The van der Waals surface area contributed by atoms with E-state index in [0.29, 0.717) is 11.5 Å². The molecule has 0 aromatic heterocycles. The molecule has 0 amide bonds. The second kappa shape index (κ2) is 7.99. The maximum atomic E-state index is 12.2. The van der Waals surface area contributed by atoms with Crippen LogP contribution in [0.4, 0.5) is 0 Å². The minimum Gasteiger partial charge on any atom is -0.466 e. The minimum atomic E-state index is -3.31. The SMILES string of the molecule is COC(=O)C(=CC1CCCCC1)CP(=O)(O)CC(C)C. The molecule has 1 fully saturated rings. The van der Waals surface area contributed by atoms with E-state index in [1.807, 2.05) is 19.9 Å². The fourth-order valence-electron chi connectivity index (χ4n) is 2.80. The first-order chi connectivity index (χ1) is 9.34. The van der Waals surface area contributed by atoms with Crippen molar-refractivity contribution < 1.29 is 19.0 Å². The molecule has 0 bridgehead atoms. The molecule has 1 unspecified atom stereocenters. The highest BCUT2D eigenvalue weighted by Gasteiger charge is 2.26. The van der Waals surface area contributed by atoms with Crippen molar-refractivity contribution in [2.45, 2.75) is 46.0 Å². The first-order valence-corrected chi connectivity index (χ1v) is 9.47. The Labute approximate surface area is 122 Å². The van der Waals surface area contributed by atoms with Gasteiger partial charge >= 0.3 is 5.97 Å². The van der Waals surface area contributed by atoms with Crippen molar-refractivity contribution in [3.05, 3.63) is 11.6 Å². The summed E-state index contributed by atoms with van der Waals surface area (Å²) in [4.78, 5) is 21.9. The third-order valence-corrected chi connectivity index (χ3v) is 5.74. The zero-order chi connectivity index (χ0) is 15.2. The Morgan fingerprint density at radius 3 is 2.45 bits per heavy atom. The van der Waals surface area contributed by atoms with E-state index in [2.05, 4.69) is 0 Å². The predicted octanol–water partition coefficient (Wildman–Crippen LogP) is 3.59. The minimum absolute atomic E-state index is 0.0612. The Balaban J connectivity index is 2.81. The van der Waals surface area contributed by atoms with Crippen LogP contribution in [-0.4, -0.2) is 30.3 Å². The van der Waals surface area contributed by atoms with Gasteiger partial charge in [0.25, 0.3) is 0 Å². The second-order valence-corrected chi connectivity index (χ2v) is 8.54. The van der Waals surface area contributed by atoms with Gasteiger partial charge in [-0.05, 0) is 24.7 Å². The Bertz CT molecular complexity index is 395. The molecule has 0 aromatic carbocycles. The average molecular weight is 302 g/mol. The van der Waals surface area contributed by atoms with Gasteiger partial charge in [-0.1, -0.05) is 39.2 Å². The van der Waals surface area contributed by atoms with Crippen molar-refractivity contribution >= 4 is 13.3 Å². The van der Waals surface area contributed by atoms with Crippen LogP contribution in [0.3, 0.4) is 0 Å². The van der Waals surface area contributed by atoms with Crippen molar-refractivity contribution in [2.75, 3.05) is 19.4 Å². The summed E-state index contributed by atoms with van der Waals surface area (Å²) in [6.07, 6.45) is 7.75. The average Bonchev–Trinajstić information content (AvgIpc) is 2.36. The van der Waals surface area contributed by atoms with Crippen molar-refractivity contribution in [2.24, 2.45) is 11.8 Å². The number of allylic oxidation sites excluding steroid dienone is 1. The summed E-state index contributed by atoms with van der Waals surface area (Å²) < 4.78 is 17.0. The topological polar surface area (TPSA) is 63.6 Å². The summed E-state index contributed by atoms with van der Waals surface area (Å²) in [5.41, 5.74) is 0.380. The van der Waals surface area contributed by atoms with Crippen LogP contribution in [0.5, 0.6) is 0 Å². The first kappa shape index (κ1) is 17.5. The van der Waals surface area contributed by atoms with Crippen LogP contribution in [-0.2, 0) is 14.1 Å². The smallest absolute Gasteiger partial charge is 0.333 e. The number of hydrogen-bond donors (Lipinski definition) is 1. The number of hydrogen-bond acceptors (Lipinski definition) is 3. The summed E-state index contributed by atoms with van der Waals surface area (Å²) in [7, 11) is -1.99. The predicted molar refractivity (Wildman–Crippen MR) is 81.1 cm³/mol. The highest BCUT2D eigenvalue weighted by Crippen LogP contribution is 2.44. The maximum Gasteiger partial charge on any atom is 0.333 e. The quantitative estimate of drug-likeness (QED) is 0.462. The van der Waals surface area contributed by atoms with Crippen LogP contribution in [0.1, 0.15) is 46.0 Å². The molecule has 20 heavy (non-hydrogen) atoms. The first-order valence-electron chi connectivity index (χ1n) is 7.44. The number of esters is 1. The number of carbonyl (C=O) groups is 1. The lowest BCUT2D eigenvalue weighted by Gasteiger charge is -2.20. The van der Waals surface area contributed by atoms with Gasteiger partial charge in [-0.3, -0.25) is 4.57 Å². The van der Waals surface area contributed by atoms with Crippen molar-refractivity contribution in [3.8, 4) is 0 Å². The van der Waals surface area contributed by atoms with E-state index in [9.17, 15) is 14.3 Å². The third-order valence-electron chi connectivity index (χ3n) is 3.60. The van der Waals surface area contributed by atoms with Gasteiger partial charge in [0.05, 0.1) is 13.3 Å². The standard InChI is InChI=1S/C15H27O4P/c1-12(2)10-20(17,18)11-14(15(16)19-3)9-13-7-5-4-6-8-13/h9,12-13H,4-8,10-11H2,1-3H3,(H,17,18). The van der Waals surface area contributed by atoms with Gasteiger partial charge in [0.1, 0.15) is 0 Å². The lowest BCUT2D eigenvalue weighted by molar-refractivity contribution is -0.136. The van der Waals surface area contributed by atoms with Crippen LogP contribution in [0.2, 0.25) is 0 Å². The summed E-state index contributed by atoms with van der Waals surface area (Å²) >= 11 is 0. The van der Waals surface area contributed by atoms with Gasteiger partial charge in [0.15, 0.2) is 0 Å².